The molecule has 2 fully saturated rings. The zero-order valence-electron chi connectivity index (χ0n) is 19.6. The van der Waals surface area contributed by atoms with Crippen molar-refractivity contribution in [3.63, 3.8) is 0 Å². The fraction of sp³-hybridized carbons (Fsp3) is 0.577. The average molecular weight is 470 g/mol. The van der Waals surface area contributed by atoms with Crippen molar-refractivity contribution in [1.29, 1.82) is 0 Å². The summed E-state index contributed by atoms with van der Waals surface area (Å²) >= 11 is 0. The maximum atomic E-state index is 13.6. The molecule has 1 unspecified atom stereocenters. The number of amides is 1. The first-order valence-corrected chi connectivity index (χ1v) is 13.9. The molecule has 0 bridgehead atoms. The largest absolute Gasteiger partial charge is 0.353 e. The van der Waals surface area contributed by atoms with E-state index in [4.69, 9.17) is 0 Å². The van der Waals surface area contributed by atoms with Crippen LogP contribution in [0.15, 0.2) is 41.4 Å². The number of carbonyl (C=O) groups is 1. The van der Waals surface area contributed by atoms with Gasteiger partial charge in [0.2, 0.25) is 15.9 Å². The van der Waals surface area contributed by atoms with Crippen molar-refractivity contribution in [2.24, 2.45) is 13.0 Å². The third-order valence-corrected chi connectivity index (χ3v) is 9.77. The summed E-state index contributed by atoms with van der Waals surface area (Å²) in [5.41, 5.74) is 3.65. The van der Waals surface area contributed by atoms with E-state index in [0.29, 0.717) is 30.8 Å². The van der Waals surface area contributed by atoms with Crippen LogP contribution in [0.1, 0.15) is 67.8 Å². The monoisotopic (exact) mass is 469 g/mol. The summed E-state index contributed by atoms with van der Waals surface area (Å²) < 4.78 is 30.3. The van der Waals surface area contributed by atoms with E-state index in [-0.39, 0.29) is 17.9 Å². The van der Waals surface area contributed by atoms with Gasteiger partial charge in [-0.2, -0.15) is 4.31 Å². The van der Waals surface area contributed by atoms with Crippen molar-refractivity contribution in [1.82, 2.24) is 13.8 Å². The molecule has 6 nitrogen and oxygen atoms in total. The molecule has 33 heavy (non-hydrogen) atoms. The molecule has 0 N–H and O–H groups in total. The predicted molar refractivity (Wildman–Crippen MR) is 128 cm³/mol. The number of carbonyl (C=O) groups excluding carboxylic acids is 1. The smallest absolute Gasteiger partial charge is 0.243 e. The molecule has 5 rings (SSSR count). The Morgan fingerprint density at radius 1 is 0.909 bits per heavy atom. The average Bonchev–Trinajstić information content (AvgIpc) is 3.40. The second-order valence-corrected chi connectivity index (χ2v) is 11.8. The lowest BCUT2D eigenvalue weighted by Gasteiger charge is -2.37. The Morgan fingerprint density at radius 2 is 1.70 bits per heavy atom. The molecule has 1 amide bonds. The molecule has 1 aliphatic carbocycles. The number of hydrogen-bond donors (Lipinski definition) is 0. The molecule has 0 saturated carbocycles. The van der Waals surface area contributed by atoms with Gasteiger partial charge in [0.1, 0.15) is 0 Å². The molecule has 1 aromatic carbocycles. The van der Waals surface area contributed by atoms with Crippen molar-refractivity contribution < 1.29 is 13.2 Å². The van der Waals surface area contributed by atoms with Crippen molar-refractivity contribution in [2.45, 2.75) is 68.7 Å². The van der Waals surface area contributed by atoms with Crippen molar-refractivity contribution in [3.05, 3.63) is 53.3 Å². The van der Waals surface area contributed by atoms with Crippen LogP contribution in [-0.2, 0) is 34.7 Å². The number of piperidine rings is 1. The summed E-state index contributed by atoms with van der Waals surface area (Å²) in [4.78, 5) is 16.1. The number of hydrogen-bond acceptors (Lipinski definition) is 3. The molecule has 3 heterocycles. The van der Waals surface area contributed by atoms with Gasteiger partial charge in [-0.05, 0) is 80.3 Å². The number of sulfonamides is 1. The Balaban J connectivity index is 1.28. The molecule has 1 atom stereocenters. The molecular weight excluding hydrogens is 434 g/mol. The molecule has 2 saturated heterocycles. The second kappa shape index (κ2) is 9.26. The Morgan fingerprint density at radius 3 is 2.45 bits per heavy atom. The molecule has 2 aromatic rings. The fourth-order valence-electron chi connectivity index (χ4n) is 5.94. The van der Waals surface area contributed by atoms with Gasteiger partial charge in [-0.25, -0.2) is 8.42 Å². The van der Waals surface area contributed by atoms with E-state index in [0.717, 1.165) is 51.5 Å². The van der Waals surface area contributed by atoms with Gasteiger partial charge in [0.15, 0.2) is 0 Å². The minimum atomic E-state index is -3.51. The minimum Gasteiger partial charge on any atom is -0.353 e. The SMILES string of the molecule is Cn1cccc1C1CCCCCN1C(=O)C1CCN(S(=O)(=O)c2ccc3c(c2)CCC3)CC1. The highest BCUT2D eigenvalue weighted by Crippen LogP contribution is 2.34. The zero-order valence-corrected chi connectivity index (χ0v) is 20.4. The van der Waals surface area contributed by atoms with Gasteiger partial charge in [0.25, 0.3) is 0 Å². The maximum absolute atomic E-state index is 13.6. The first-order chi connectivity index (χ1) is 15.9. The van der Waals surface area contributed by atoms with Gasteiger partial charge >= 0.3 is 0 Å². The van der Waals surface area contributed by atoms with Crippen molar-refractivity contribution >= 4 is 15.9 Å². The summed E-state index contributed by atoms with van der Waals surface area (Å²) in [7, 11) is -1.46. The Bertz CT molecular complexity index is 1120. The molecule has 178 valence electrons. The Hall–Kier alpha value is -2.12. The summed E-state index contributed by atoms with van der Waals surface area (Å²) in [5.74, 6) is 0.106. The number of aryl methyl sites for hydroxylation is 3. The van der Waals surface area contributed by atoms with Crippen LogP contribution in [0.25, 0.3) is 0 Å². The molecule has 7 heteroatoms. The first kappa shape index (κ1) is 22.7. The minimum absolute atomic E-state index is 0.0997. The third-order valence-electron chi connectivity index (χ3n) is 7.87. The van der Waals surface area contributed by atoms with Crippen LogP contribution < -0.4 is 0 Å². The van der Waals surface area contributed by atoms with E-state index >= 15 is 0 Å². The van der Waals surface area contributed by atoms with Crippen LogP contribution in [0.5, 0.6) is 0 Å². The van der Waals surface area contributed by atoms with Gasteiger partial charge in [0.05, 0.1) is 10.9 Å². The topological polar surface area (TPSA) is 62.6 Å². The quantitative estimate of drug-likeness (QED) is 0.678. The van der Waals surface area contributed by atoms with Crippen molar-refractivity contribution in [2.75, 3.05) is 19.6 Å². The highest BCUT2D eigenvalue weighted by Gasteiger charge is 2.37. The Labute approximate surface area is 197 Å². The normalized spacial score (nSPS) is 22.8. The molecule has 1 aromatic heterocycles. The van der Waals surface area contributed by atoms with Crippen molar-refractivity contribution in [3.8, 4) is 0 Å². The third kappa shape index (κ3) is 4.37. The van der Waals surface area contributed by atoms with Crippen LogP contribution >= 0.6 is 0 Å². The van der Waals surface area contributed by atoms with Gasteiger partial charge < -0.3 is 9.47 Å². The van der Waals surface area contributed by atoms with Gasteiger partial charge in [-0.3, -0.25) is 4.79 Å². The number of benzene rings is 1. The highest BCUT2D eigenvalue weighted by atomic mass is 32.2. The molecular formula is C26H35N3O3S. The number of rotatable bonds is 4. The number of aromatic nitrogens is 1. The lowest BCUT2D eigenvalue weighted by molar-refractivity contribution is -0.139. The van der Waals surface area contributed by atoms with Crippen LogP contribution in [0.2, 0.25) is 0 Å². The summed E-state index contributed by atoms with van der Waals surface area (Å²) in [6.07, 6.45) is 10.7. The lowest BCUT2D eigenvalue weighted by atomic mass is 9.95. The van der Waals surface area contributed by atoms with Crippen LogP contribution in [-0.4, -0.2) is 47.7 Å². The van der Waals surface area contributed by atoms with E-state index < -0.39 is 10.0 Å². The highest BCUT2D eigenvalue weighted by molar-refractivity contribution is 7.89. The zero-order chi connectivity index (χ0) is 23.0. The number of nitrogens with zero attached hydrogens (tertiary/aromatic N) is 3. The lowest BCUT2D eigenvalue weighted by Crippen LogP contribution is -2.45. The maximum Gasteiger partial charge on any atom is 0.243 e. The van der Waals surface area contributed by atoms with Crippen LogP contribution in [0, 0.1) is 5.92 Å². The van der Waals surface area contributed by atoms with E-state index in [1.807, 2.05) is 31.4 Å². The standard InChI is InChI=1S/C26H35N3O3S/c1-27-15-6-10-24(27)25-9-3-2-4-16-29(25)26(30)21-13-17-28(18-14-21)33(31,32)23-12-11-20-7-5-8-22(20)19-23/h6,10-12,15,19,21,25H,2-5,7-9,13-14,16-18H2,1H3. The molecule has 2 aliphatic heterocycles. The number of likely N-dealkylation sites (tertiary alicyclic amines) is 1. The van der Waals surface area contributed by atoms with E-state index in [2.05, 4.69) is 15.5 Å². The molecule has 3 aliphatic rings. The number of fused-ring (bicyclic) bond motifs is 1. The van der Waals surface area contributed by atoms with Gasteiger partial charge in [0, 0.05) is 44.5 Å². The predicted octanol–water partition coefficient (Wildman–Crippen LogP) is 4.06. The van der Waals surface area contributed by atoms with Crippen LogP contribution in [0.4, 0.5) is 0 Å². The van der Waals surface area contributed by atoms with Gasteiger partial charge in [-0.15, -0.1) is 0 Å². The first-order valence-electron chi connectivity index (χ1n) is 12.5. The molecule has 0 radical (unpaired) electrons. The summed E-state index contributed by atoms with van der Waals surface area (Å²) in [6, 6.07) is 9.91. The fourth-order valence-corrected chi connectivity index (χ4v) is 7.46. The van der Waals surface area contributed by atoms with E-state index in [1.54, 1.807) is 10.4 Å². The summed E-state index contributed by atoms with van der Waals surface area (Å²) in [5, 5.41) is 0. The van der Waals surface area contributed by atoms with E-state index in [9.17, 15) is 13.2 Å². The van der Waals surface area contributed by atoms with E-state index in [1.165, 1.54) is 16.8 Å². The van der Waals surface area contributed by atoms with Gasteiger partial charge in [-0.1, -0.05) is 18.9 Å². The molecule has 0 spiro atoms. The second-order valence-electron chi connectivity index (χ2n) is 9.90. The van der Waals surface area contributed by atoms with Crippen LogP contribution in [0.3, 0.4) is 0 Å². The summed E-state index contributed by atoms with van der Waals surface area (Å²) in [6.45, 7) is 1.62. The Kier molecular flexibility index (Phi) is 6.36.